The minimum atomic E-state index is -0.848. The van der Waals surface area contributed by atoms with Gasteiger partial charge in [-0.15, -0.1) is 0 Å². The molecule has 1 saturated heterocycles. The van der Waals surface area contributed by atoms with Gasteiger partial charge in [0.2, 0.25) is 0 Å². The predicted molar refractivity (Wildman–Crippen MR) is 119 cm³/mol. The monoisotopic (exact) mass is 438 g/mol. The molecule has 2 aromatic carbocycles. The van der Waals surface area contributed by atoms with Crippen molar-refractivity contribution in [1.82, 2.24) is 10.7 Å². The largest absolute Gasteiger partial charge is 0.484 e. The zero-order valence-electron chi connectivity index (χ0n) is 17.8. The van der Waals surface area contributed by atoms with Crippen LogP contribution in [0.25, 0.3) is 0 Å². The third-order valence-electron chi connectivity index (χ3n) is 4.77. The number of carbonyl (C=O) groups is 3. The molecule has 0 radical (unpaired) electrons. The van der Waals surface area contributed by atoms with Gasteiger partial charge in [0.15, 0.2) is 6.61 Å². The van der Waals surface area contributed by atoms with E-state index in [0.29, 0.717) is 24.5 Å². The van der Waals surface area contributed by atoms with Crippen molar-refractivity contribution in [3.63, 3.8) is 0 Å². The Hall–Kier alpha value is -3.72. The fraction of sp³-hybridized carbons (Fsp3) is 0.304. The van der Waals surface area contributed by atoms with E-state index in [-0.39, 0.29) is 18.6 Å². The molecule has 1 fully saturated rings. The van der Waals surface area contributed by atoms with Gasteiger partial charge < -0.3 is 20.1 Å². The lowest BCUT2D eigenvalue weighted by Crippen LogP contribution is -2.41. The zero-order chi connectivity index (χ0) is 22.8. The van der Waals surface area contributed by atoms with E-state index in [1.807, 2.05) is 31.2 Å². The number of benzene rings is 2. The topological polar surface area (TPSA) is 118 Å². The number of nitrogens with zero attached hydrogens (tertiary/aromatic N) is 1. The summed E-state index contributed by atoms with van der Waals surface area (Å²) in [5.41, 5.74) is 4.58. The number of anilines is 1. The van der Waals surface area contributed by atoms with Gasteiger partial charge in [0.1, 0.15) is 5.75 Å². The Kier molecular flexibility index (Phi) is 8.33. The van der Waals surface area contributed by atoms with Crippen molar-refractivity contribution in [2.45, 2.75) is 25.9 Å². The summed E-state index contributed by atoms with van der Waals surface area (Å²) in [5, 5.41) is 9.10. The van der Waals surface area contributed by atoms with Crippen LogP contribution in [0.3, 0.4) is 0 Å². The molecule has 0 saturated carbocycles. The lowest BCUT2D eigenvalue weighted by molar-refractivity contribution is -0.139. The average molecular weight is 438 g/mol. The molecule has 1 heterocycles. The highest BCUT2D eigenvalue weighted by Crippen LogP contribution is 2.14. The van der Waals surface area contributed by atoms with Crippen LogP contribution in [0.2, 0.25) is 0 Å². The van der Waals surface area contributed by atoms with E-state index in [9.17, 15) is 14.4 Å². The molecule has 3 amide bonds. The lowest BCUT2D eigenvalue weighted by Gasteiger charge is -2.09. The normalized spacial score (nSPS) is 15.3. The minimum absolute atomic E-state index is 0.0375. The molecule has 32 heavy (non-hydrogen) atoms. The summed E-state index contributed by atoms with van der Waals surface area (Å²) in [7, 11) is 0. The molecule has 1 aliphatic rings. The number of nitrogens with one attached hydrogen (secondary N) is 3. The van der Waals surface area contributed by atoms with Crippen LogP contribution in [0.4, 0.5) is 5.69 Å². The first-order chi connectivity index (χ1) is 15.5. The van der Waals surface area contributed by atoms with Crippen molar-refractivity contribution >= 4 is 29.6 Å². The van der Waals surface area contributed by atoms with Gasteiger partial charge in [-0.25, -0.2) is 5.43 Å². The molecular formula is C23H26N4O5. The van der Waals surface area contributed by atoms with Crippen LogP contribution >= 0.6 is 0 Å². The maximum atomic E-state index is 12.0. The molecule has 2 aromatic rings. The third kappa shape index (κ3) is 7.21. The summed E-state index contributed by atoms with van der Waals surface area (Å²) in [6, 6.07) is 14.3. The van der Waals surface area contributed by atoms with E-state index < -0.39 is 11.8 Å². The first kappa shape index (κ1) is 23.0. The summed E-state index contributed by atoms with van der Waals surface area (Å²) in [6.07, 6.45) is 3.20. The van der Waals surface area contributed by atoms with Gasteiger partial charge in [-0.2, -0.15) is 5.10 Å². The van der Waals surface area contributed by atoms with Crippen LogP contribution in [0, 0.1) is 6.92 Å². The van der Waals surface area contributed by atoms with Crippen LogP contribution in [-0.4, -0.2) is 49.8 Å². The third-order valence-corrected chi connectivity index (χ3v) is 4.77. The maximum absolute atomic E-state index is 12.0. The molecule has 1 aliphatic heterocycles. The van der Waals surface area contributed by atoms with Gasteiger partial charge in [0.05, 0.1) is 12.3 Å². The van der Waals surface area contributed by atoms with Gasteiger partial charge in [-0.1, -0.05) is 18.2 Å². The van der Waals surface area contributed by atoms with Crippen LogP contribution in [0.5, 0.6) is 5.75 Å². The molecule has 3 N–H and O–H groups in total. The van der Waals surface area contributed by atoms with E-state index in [2.05, 4.69) is 21.2 Å². The number of aryl methyl sites for hydroxylation is 1. The van der Waals surface area contributed by atoms with Crippen LogP contribution in [0.15, 0.2) is 53.6 Å². The molecule has 0 spiro atoms. The fourth-order valence-corrected chi connectivity index (χ4v) is 3.01. The summed E-state index contributed by atoms with van der Waals surface area (Å²) < 4.78 is 10.9. The van der Waals surface area contributed by atoms with Crippen molar-refractivity contribution in [2.75, 3.05) is 25.1 Å². The van der Waals surface area contributed by atoms with E-state index >= 15 is 0 Å². The molecule has 3 rings (SSSR count). The van der Waals surface area contributed by atoms with Gasteiger partial charge in [-0.3, -0.25) is 14.4 Å². The molecule has 168 valence electrons. The number of hydrazone groups is 1. The second kappa shape index (κ2) is 11.6. The Balaban J connectivity index is 1.38. The first-order valence-electron chi connectivity index (χ1n) is 10.3. The fourth-order valence-electron chi connectivity index (χ4n) is 3.01. The van der Waals surface area contributed by atoms with Crippen LogP contribution in [0.1, 0.15) is 24.0 Å². The van der Waals surface area contributed by atoms with E-state index in [4.69, 9.17) is 9.47 Å². The quantitative estimate of drug-likeness (QED) is 0.330. The average Bonchev–Trinajstić information content (AvgIpc) is 3.32. The van der Waals surface area contributed by atoms with Crippen LogP contribution in [-0.2, 0) is 19.1 Å². The summed E-state index contributed by atoms with van der Waals surface area (Å²) in [4.78, 5) is 35.6. The Bertz CT molecular complexity index is 969. The Morgan fingerprint density at radius 1 is 1.12 bits per heavy atom. The molecule has 9 nitrogen and oxygen atoms in total. The molecule has 0 bridgehead atoms. The Labute approximate surface area is 186 Å². The van der Waals surface area contributed by atoms with Gasteiger partial charge >= 0.3 is 11.8 Å². The van der Waals surface area contributed by atoms with Gasteiger partial charge in [-0.05, 0) is 61.2 Å². The number of rotatable bonds is 8. The lowest BCUT2D eigenvalue weighted by atomic mass is 10.2. The number of amides is 3. The number of ether oxygens (including phenoxy) is 2. The standard InChI is InChI=1S/C23H26N4O5/c1-16-5-2-3-7-20(16)26-21(28)15-32-18-10-8-17(9-11-18)13-25-27-23(30)22(29)24-14-19-6-4-12-31-19/h2-3,5,7-11,13,19H,4,6,12,14-15H2,1H3,(H,24,29)(H,26,28)(H,27,30)/b25-13-/t19-/m0/s1. The molecule has 1 atom stereocenters. The van der Waals surface area contributed by atoms with Crippen molar-refractivity contribution in [2.24, 2.45) is 5.10 Å². The van der Waals surface area contributed by atoms with Crippen LogP contribution < -0.4 is 20.8 Å². The highest BCUT2D eigenvalue weighted by Gasteiger charge is 2.18. The van der Waals surface area contributed by atoms with Crippen molar-refractivity contribution in [1.29, 1.82) is 0 Å². The predicted octanol–water partition coefficient (Wildman–Crippen LogP) is 1.76. The smallest absolute Gasteiger partial charge is 0.329 e. The zero-order valence-corrected chi connectivity index (χ0v) is 17.8. The number of para-hydroxylation sites is 1. The summed E-state index contributed by atoms with van der Waals surface area (Å²) in [5.74, 6) is -1.35. The van der Waals surface area contributed by atoms with Gasteiger partial charge in [0, 0.05) is 18.8 Å². The first-order valence-corrected chi connectivity index (χ1v) is 10.3. The molecule has 0 unspecified atom stereocenters. The summed E-state index contributed by atoms with van der Waals surface area (Å²) >= 11 is 0. The second-order valence-corrected chi connectivity index (χ2v) is 7.26. The second-order valence-electron chi connectivity index (χ2n) is 7.26. The SMILES string of the molecule is Cc1ccccc1NC(=O)COc1ccc(/C=N\NC(=O)C(=O)NC[C@@H]2CCCO2)cc1. The van der Waals surface area contributed by atoms with E-state index in [1.54, 1.807) is 24.3 Å². The Morgan fingerprint density at radius 2 is 1.91 bits per heavy atom. The summed E-state index contributed by atoms with van der Waals surface area (Å²) in [6.45, 7) is 2.78. The highest BCUT2D eigenvalue weighted by molar-refractivity contribution is 6.35. The van der Waals surface area contributed by atoms with E-state index in [1.165, 1.54) is 6.21 Å². The number of carbonyl (C=O) groups excluding carboxylic acids is 3. The Morgan fingerprint density at radius 3 is 2.62 bits per heavy atom. The molecule has 0 aliphatic carbocycles. The van der Waals surface area contributed by atoms with Crippen molar-refractivity contribution in [3.05, 3.63) is 59.7 Å². The number of hydrogen-bond acceptors (Lipinski definition) is 6. The maximum Gasteiger partial charge on any atom is 0.329 e. The molecule has 0 aromatic heterocycles. The highest BCUT2D eigenvalue weighted by atomic mass is 16.5. The molecular weight excluding hydrogens is 412 g/mol. The van der Waals surface area contributed by atoms with Gasteiger partial charge in [0.25, 0.3) is 5.91 Å². The number of hydrogen-bond donors (Lipinski definition) is 3. The molecule has 9 heteroatoms. The minimum Gasteiger partial charge on any atom is -0.484 e. The van der Waals surface area contributed by atoms with Crippen molar-refractivity contribution < 1.29 is 23.9 Å². The van der Waals surface area contributed by atoms with Crippen molar-refractivity contribution in [3.8, 4) is 5.75 Å². The van der Waals surface area contributed by atoms with E-state index in [0.717, 1.165) is 24.1 Å².